The first-order chi connectivity index (χ1) is 8.93. The fraction of sp³-hybridized carbons (Fsp3) is 0.308. The zero-order chi connectivity index (χ0) is 11.9. The number of hydrogen-bond donors (Lipinski definition) is 0. The van der Waals surface area contributed by atoms with Crippen LogP contribution < -0.4 is 4.90 Å². The Bertz CT molecular complexity index is 712. The first-order valence-electron chi connectivity index (χ1n) is 6.27. The topological polar surface area (TPSA) is 46.3 Å². The zero-order valence-electron chi connectivity index (χ0n) is 9.95. The van der Waals surface area contributed by atoms with E-state index in [4.69, 9.17) is 4.98 Å². The molecule has 0 N–H and O–H groups in total. The molecule has 5 nitrogen and oxygen atoms in total. The Morgan fingerprint density at radius 3 is 2.78 bits per heavy atom. The summed E-state index contributed by atoms with van der Waals surface area (Å²) in [6, 6.07) is 8.11. The molecule has 4 rings (SSSR count). The van der Waals surface area contributed by atoms with Crippen LogP contribution in [0.25, 0.3) is 16.7 Å². The summed E-state index contributed by atoms with van der Waals surface area (Å²) in [7, 11) is 0. The third-order valence-corrected chi connectivity index (χ3v) is 3.52. The molecule has 0 radical (unpaired) electrons. The molecule has 1 aromatic carbocycles. The van der Waals surface area contributed by atoms with E-state index in [-0.39, 0.29) is 0 Å². The van der Waals surface area contributed by atoms with Crippen LogP contribution in [0.3, 0.4) is 0 Å². The lowest BCUT2D eigenvalue weighted by molar-refractivity contribution is 0.938. The largest absolute Gasteiger partial charge is 0.353 e. The molecule has 1 aliphatic heterocycles. The first kappa shape index (κ1) is 9.82. The smallest absolute Gasteiger partial charge is 0.204 e. The van der Waals surface area contributed by atoms with Gasteiger partial charge in [-0.15, -0.1) is 10.2 Å². The monoisotopic (exact) mass is 239 g/mol. The molecule has 2 aromatic heterocycles. The van der Waals surface area contributed by atoms with Gasteiger partial charge in [0.1, 0.15) is 6.33 Å². The molecule has 1 aliphatic rings. The minimum Gasteiger partial charge on any atom is -0.353 e. The number of aromatic nitrogens is 4. The van der Waals surface area contributed by atoms with Crippen molar-refractivity contribution in [3.05, 3.63) is 30.6 Å². The second-order valence-electron chi connectivity index (χ2n) is 4.64. The van der Waals surface area contributed by atoms with Gasteiger partial charge in [-0.2, -0.15) is 0 Å². The summed E-state index contributed by atoms with van der Waals surface area (Å²) in [6.45, 7) is 2.13. The average molecular weight is 239 g/mol. The summed E-state index contributed by atoms with van der Waals surface area (Å²) in [5, 5.41) is 8.25. The van der Waals surface area contributed by atoms with Gasteiger partial charge in [0.25, 0.3) is 0 Å². The van der Waals surface area contributed by atoms with Crippen molar-refractivity contribution in [3.63, 3.8) is 0 Å². The van der Waals surface area contributed by atoms with Crippen molar-refractivity contribution in [1.82, 2.24) is 19.6 Å². The van der Waals surface area contributed by atoms with E-state index in [2.05, 4.69) is 15.1 Å². The number of para-hydroxylation sites is 2. The summed E-state index contributed by atoms with van der Waals surface area (Å²) in [5.41, 5.74) is 2.91. The molecule has 0 unspecified atom stereocenters. The van der Waals surface area contributed by atoms with Crippen LogP contribution in [-0.2, 0) is 0 Å². The van der Waals surface area contributed by atoms with Gasteiger partial charge in [0, 0.05) is 13.1 Å². The highest BCUT2D eigenvalue weighted by atomic mass is 15.3. The van der Waals surface area contributed by atoms with E-state index < -0.39 is 0 Å². The van der Waals surface area contributed by atoms with Crippen molar-refractivity contribution in [2.24, 2.45) is 0 Å². The van der Waals surface area contributed by atoms with Crippen molar-refractivity contribution in [2.75, 3.05) is 18.0 Å². The minimum absolute atomic E-state index is 0.857. The van der Waals surface area contributed by atoms with Crippen molar-refractivity contribution in [2.45, 2.75) is 12.8 Å². The molecule has 1 fully saturated rings. The summed E-state index contributed by atoms with van der Waals surface area (Å²) in [5.74, 6) is 0.962. The van der Waals surface area contributed by atoms with Gasteiger partial charge in [-0.25, -0.2) is 4.98 Å². The van der Waals surface area contributed by atoms with Crippen molar-refractivity contribution in [1.29, 1.82) is 0 Å². The predicted octanol–water partition coefficient (Wildman–Crippen LogP) is 1.88. The summed E-state index contributed by atoms with van der Waals surface area (Å²) >= 11 is 0. The van der Waals surface area contributed by atoms with Crippen LogP contribution in [0.4, 0.5) is 5.82 Å². The second kappa shape index (κ2) is 3.66. The molecule has 0 bridgehead atoms. The molecule has 5 heteroatoms. The van der Waals surface area contributed by atoms with Gasteiger partial charge in [0.15, 0.2) is 5.82 Å². The molecule has 1 saturated heterocycles. The standard InChI is InChI=1S/C13H13N5/c1-2-6-11-10(5-1)15-12(17-7-3-4-8-17)13-16-14-9-18(11)13/h1-2,5-6,9H,3-4,7-8H2. The minimum atomic E-state index is 0.857. The second-order valence-corrected chi connectivity index (χ2v) is 4.64. The number of benzene rings is 1. The Morgan fingerprint density at radius 2 is 1.89 bits per heavy atom. The van der Waals surface area contributed by atoms with Crippen LogP contribution in [0.1, 0.15) is 12.8 Å². The fourth-order valence-corrected chi connectivity index (χ4v) is 2.63. The number of fused-ring (bicyclic) bond motifs is 3. The summed E-state index contributed by atoms with van der Waals surface area (Å²) in [6.07, 6.45) is 4.22. The molecule has 0 amide bonds. The SMILES string of the molecule is c1ccc2c(c1)nc(N1CCCC1)c1nncn12. The lowest BCUT2D eigenvalue weighted by atomic mass is 10.3. The van der Waals surface area contributed by atoms with Gasteiger partial charge < -0.3 is 4.90 Å². The maximum atomic E-state index is 4.76. The van der Waals surface area contributed by atoms with E-state index in [1.807, 2.05) is 28.7 Å². The van der Waals surface area contributed by atoms with Gasteiger partial charge in [-0.3, -0.25) is 4.40 Å². The maximum Gasteiger partial charge on any atom is 0.204 e. The van der Waals surface area contributed by atoms with E-state index >= 15 is 0 Å². The van der Waals surface area contributed by atoms with Gasteiger partial charge >= 0.3 is 0 Å². The number of anilines is 1. The van der Waals surface area contributed by atoms with E-state index in [9.17, 15) is 0 Å². The molecule has 3 heterocycles. The molecule has 0 spiro atoms. The average Bonchev–Trinajstić information content (AvgIpc) is 3.09. The van der Waals surface area contributed by atoms with Gasteiger partial charge in [0.05, 0.1) is 11.0 Å². The van der Waals surface area contributed by atoms with Crippen molar-refractivity contribution in [3.8, 4) is 0 Å². The summed E-state index contributed by atoms with van der Waals surface area (Å²) in [4.78, 5) is 7.06. The van der Waals surface area contributed by atoms with Crippen molar-refractivity contribution >= 4 is 22.5 Å². The van der Waals surface area contributed by atoms with E-state index in [1.165, 1.54) is 12.8 Å². The first-order valence-corrected chi connectivity index (χ1v) is 6.27. The molecule has 0 atom stereocenters. The summed E-state index contributed by atoms with van der Waals surface area (Å²) < 4.78 is 2.02. The Kier molecular flexibility index (Phi) is 2.00. The van der Waals surface area contributed by atoms with Gasteiger partial charge in [-0.1, -0.05) is 12.1 Å². The Labute approximate surface area is 104 Å². The lowest BCUT2D eigenvalue weighted by Crippen LogP contribution is -2.20. The Balaban J connectivity index is 2.07. The fourth-order valence-electron chi connectivity index (χ4n) is 2.63. The normalized spacial score (nSPS) is 15.9. The van der Waals surface area contributed by atoms with Gasteiger partial charge in [0.2, 0.25) is 5.65 Å². The van der Waals surface area contributed by atoms with Crippen LogP contribution in [0, 0.1) is 0 Å². The molecule has 90 valence electrons. The van der Waals surface area contributed by atoms with Crippen LogP contribution in [0.15, 0.2) is 30.6 Å². The highest BCUT2D eigenvalue weighted by molar-refractivity contribution is 5.82. The van der Waals surface area contributed by atoms with Crippen LogP contribution >= 0.6 is 0 Å². The number of nitrogens with zero attached hydrogens (tertiary/aromatic N) is 5. The molecule has 18 heavy (non-hydrogen) atoms. The van der Waals surface area contributed by atoms with E-state index in [0.717, 1.165) is 35.6 Å². The molecule has 3 aromatic rings. The van der Waals surface area contributed by atoms with Crippen LogP contribution in [0.2, 0.25) is 0 Å². The molecular formula is C13H13N5. The molecular weight excluding hydrogens is 226 g/mol. The molecule has 0 saturated carbocycles. The van der Waals surface area contributed by atoms with Crippen LogP contribution in [0.5, 0.6) is 0 Å². The quantitative estimate of drug-likeness (QED) is 0.650. The van der Waals surface area contributed by atoms with Crippen LogP contribution in [-0.4, -0.2) is 32.7 Å². The molecule has 0 aliphatic carbocycles. The Morgan fingerprint density at radius 1 is 1.06 bits per heavy atom. The zero-order valence-corrected chi connectivity index (χ0v) is 9.95. The third-order valence-electron chi connectivity index (χ3n) is 3.52. The van der Waals surface area contributed by atoms with Gasteiger partial charge in [-0.05, 0) is 25.0 Å². The lowest BCUT2D eigenvalue weighted by Gasteiger charge is -2.17. The highest BCUT2D eigenvalue weighted by Crippen LogP contribution is 2.25. The number of hydrogen-bond acceptors (Lipinski definition) is 4. The number of rotatable bonds is 1. The third kappa shape index (κ3) is 1.30. The Hall–Kier alpha value is -2.17. The highest BCUT2D eigenvalue weighted by Gasteiger charge is 2.19. The maximum absolute atomic E-state index is 4.76. The van der Waals surface area contributed by atoms with E-state index in [1.54, 1.807) is 6.33 Å². The van der Waals surface area contributed by atoms with E-state index in [0.29, 0.717) is 0 Å². The van der Waals surface area contributed by atoms with Crippen molar-refractivity contribution < 1.29 is 0 Å². The predicted molar refractivity (Wildman–Crippen MR) is 69.7 cm³/mol.